The minimum Gasteiger partial charge on any atom is -0.511 e. The molecule has 0 fully saturated rings. The van der Waals surface area contributed by atoms with Crippen molar-refractivity contribution in [3.05, 3.63) is 11.3 Å². The van der Waals surface area contributed by atoms with Crippen molar-refractivity contribution in [2.75, 3.05) is 0 Å². The molecule has 11 heavy (non-hydrogen) atoms. The van der Waals surface area contributed by atoms with Gasteiger partial charge in [-0.2, -0.15) is 0 Å². The minimum absolute atomic E-state index is 0.00231. The maximum absolute atomic E-state index is 11.0. The molecule has 0 amide bonds. The molecule has 3 nitrogen and oxygen atoms in total. The first-order valence-corrected chi connectivity index (χ1v) is 3.51. The van der Waals surface area contributed by atoms with Crippen LogP contribution in [0.2, 0.25) is 0 Å². The van der Waals surface area contributed by atoms with E-state index in [1.165, 1.54) is 6.92 Å². The van der Waals surface area contributed by atoms with Crippen LogP contribution < -0.4 is 0 Å². The number of hydrogen-bond donors (Lipinski definition) is 1. The van der Waals surface area contributed by atoms with E-state index in [1.807, 2.05) is 0 Å². The summed E-state index contributed by atoms with van der Waals surface area (Å²) in [4.78, 5) is 21.8. The molecule has 0 bridgehead atoms. The van der Waals surface area contributed by atoms with E-state index in [2.05, 4.69) is 0 Å². The Balaban J connectivity index is 3.07. The van der Waals surface area contributed by atoms with E-state index < -0.39 is 0 Å². The number of ketones is 2. The fourth-order valence-electron chi connectivity index (χ4n) is 1.24. The molecule has 0 spiro atoms. The summed E-state index contributed by atoms with van der Waals surface area (Å²) in [7, 11) is 0. The Morgan fingerprint density at radius 1 is 1.64 bits per heavy atom. The molecule has 1 atom stereocenters. The van der Waals surface area contributed by atoms with Crippen molar-refractivity contribution in [3.8, 4) is 0 Å². The van der Waals surface area contributed by atoms with Gasteiger partial charge < -0.3 is 5.11 Å². The number of hydrogen-bond acceptors (Lipinski definition) is 3. The molecule has 1 aliphatic rings. The third-order valence-electron chi connectivity index (χ3n) is 1.85. The maximum Gasteiger partial charge on any atom is 0.170 e. The number of aliphatic hydroxyl groups excluding tert-OH is 1. The van der Waals surface area contributed by atoms with Gasteiger partial charge in [-0.05, 0) is 6.92 Å². The second-order valence-electron chi connectivity index (χ2n) is 2.84. The minimum atomic E-state index is -0.336. The largest absolute Gasteiger partial charge is 0.511 e. The SMILES string of the molecule is CC(=O)C1=C(O)C(C)CC1=O. The lowest BCUT2D eigenvalue weighted by Gasteiger charge is -1.97. The third kappa shape index (κ3) is 1.18. The van der Waals surface area contributed by atoms with Crippen LogP contribution in [0.5, 0.6) is 0 Å². The molecule has 1 N–H and O–H groups in total. The van der Waals surface area contributed by atoms with Crippen molar-refractivity contribution >= 4 is 11.6 Å². The highest BCUT2D eigenvalue weighted by Crippen LogP contribution is 2.26. The number of rotatable bonds is 1. The fraction of sp³-hybridized carbons (Fsp3) is 0.500. The Hall–Kier alpha value is -1.12. The van der Waals surface area contributed by atoms with Crippen LogP contribution in [0.4, 0.5) is 0 Å². The summed E-state index contributed by atoms with van der Waals surface area (Å²) in [6, 6.07) is 0. The highest BCUT2D eigenvalue weighted by atomic mass is 16.3. The predicted octanol–water partition coefficient (Wildman–Crippen LogP) is 0.996. The molecule has 0 aliphatic heterocycles. The molecule has 0 saturated carbocycles. The number of carbonyl (C=O) groups excluding carboxylic acids is 2. The summed E-state index contributed by atoms with van der Waals surface area (Å²) in [5.41, 5.74) is -0.00231. The Morgan fingerprint density at radius 2 is 2.18 bits per heavy atom. The summed E-state index contributed by atoms with van der Waals surface area (Å²) >= 11 is 0. The van der Waals surface area contributed by atoms with Gasteiger partial charge in [-0.25, -0.2) is 0 Å². The lowest BCUT2D eigenvalue weighted by atomic mass is 10.1. The van der Waals surface area contributed by atoms with Crippen LogP contribution in [-0.2, 0) is 9.59 Å². The number of aliphatic hydroxyl groups is 1. The molecular weight excluding hydrogens is 144 g/mol. The van der Waals surface area contributed by atoms with Crippen LogP contribution in [0.1, 0.15) is 20.3 Å². The molecular formula is C8H10O3. The summed E-state index contributed by atoms with van der Waals surface area (Å²) in [5, 5.41) is 9.24. The van der Waals surface area contributed by atoms with Crippen molar-refractivity contribution in [3.63, 3.8) is 0 Å². The van der Waals surface area contributed by atoms with Crippen molar-refractivity contribution in [2.24, 2.45) is 5.92 Å². The van der Waals surface area contributed by atoms with E-state index in [1.54, 1.807) is 6.92 Å². The van der Waals surface area contributed by atoms with Gasteiger partial charge in [-0.3, -0.25) is 9.59 Å². The second-order valence-corrected chi connectivity index (χ2v) is 2.84. The number of allylic oxidation sites excluding steroid dienone is 2. The molecule has 0 aromatic carbocycles. The van der Waals surface area contributed by atoms with Crippen LogP contribution in [0.25, 0.3) is 0 Å². The maximum atomic E-state index is 11.0. The van der Waals surface area contributed by atoms with Crippen molar-refractivity contribution in [1.29, 1.82) is 0 Å². The Kier molecular flexibility index (Phi) is 1.81. The molecule has 1 aliphatic carbocycles. The van der Waals surface area contributed by atoms with Crippen LogP contribution in [0.3, 0.4) is 0 Å². The second kappa shape index (κ2) is 2.49. The van der Waals surface area contributed by atoms with Gasteiger partial charge >= 0.3 is 0 Å². The molecule has 0 heterocycles. The van der Waals surface area contributed by atoms with Crippen LogP contribution in [0, 0.1) is 5.92 Å². The van der Waals surface area contributed by atoms with E-state index in [9.17, 15) is 14.7 Å². The highest BCUT2D eigenvalue weighted by Gasteiger charge is 2.31. The van der Waals surface area contributed by atoms with Crippen molar-refractivity contribution in [2.45, 2.75) is 20.3 Å². The Bertz CT molecular complexity index is 250. The molecule has 0 aromatic heterocycles. The number of carbonyl (C=O) groups is 2. The molecule has 60 valence electrons. The van der Waals surface area contributed by atoms with Gasteiger partial charge in [0.25, 0.3) is 0 Å². The van der Waals surface area contributed by atoms with Gasteiger partial charge in [0.2, 0.25) is 0 Å². The third-order valence-corrected chi connectivity index (χ3v) is 1.85. The Labute approximate surface area is 64.7 Å². The lowest BCUT2D eigenvalue weighted by molar-refractivity contribution is -0.120. The topological polar surface area (TPSA) is 54.4 Å². The fourth-order valence-corrected chi connectivity index (χ4v) is 1.24. The summed E-state index contributed by atoms with van der Waals surface area (Å²) in [6.45, 7) is 3.02. The molecule has 1 unspecified atom stereocenters. The van der Waals surface area contributed by atoms with Gasteiger partial charge in [-0.15, -0.1) is 0 Å². The summed E-state index contributed by atoms with van der Waals surface area (Å²) in [6.07, 6.45) is 0.265. The summed E-state index contributed by atoms with van der Waals surface area (Å²) in [5.74, 6) is -0.789. The zero-order chi connectivity index (χ0) is 8.59. The predicted molar refractivity (Wildman–Crippen MR) is 39.1 cm³/mol. The van der Waals surface area contributed by atoms with Crippen LogP contribution in [-0.4, -0.2) is 16.7 Å². The molecule has 0 saturated heterocycles. The van der Waals surface area contributed by atoms with Crippen molar-refractivity contribution < 1.29 is 14.7 Å². The van der Waals surface area contributed by atoms with E-state index >= 15 is 0 Å². The van der Waals surface area contributed by atoms with Crippen LogP contribution >= 0.6 is 0 Å². The van der Waals surface area contributed by atoms with Gasteiger partial charge in [0.15, 0.2) is 11.6 Å². The van der Waals surface area contributed by atoms with Crippen LogP contribution in [0.15, 0.2) is 11.3 Å². The quantitative estimate of drug-likeness (QED) is 0.573. The zero-order valence-electron chi connectivity index (χ0n) is 6.55. The van der Waals surface area contributed by atoms with Gasteiger partial charge in [-0.1, -0.05) is 6.92 Å². The van der Waals surface area contributed by atoms with Gasteiger partial charge in [0.05, 0.1) is 5.57 Å². The van der Waals surface area contributed by atoms with Crippen molar-refractivity contribution in [1.82, 2.24) is 0 Å². The average Bonchev–Trinajstić information content (AvgIpc) is 2.07. The number of Topliss-reactive ketones (excluding diaryl/α,β-unsaturated/α-hetero) is 2. The first kappa shape index (κ1) is 7.98. The normalized spacial score (nSPS) is 24.5. The van der Waals surface area contributed by atoms with Gasteiger partial charge in [0, 0.05) is 12.3 Å². The lowest BCUT2D eigenvalue weighted by Crippen LogP contribution is -2.05. The summed E-state index contributed by atoms with van der Waals surface area (Å²) < 4.78 is 0. The Morgan fingerprint density at radius 3 is 2.36 bits per heavy atom. The van der Waals surface area contributed by atoms with Gasteiger partial charge in [0.1, 0.15) is 5.76 Å². The van der Waals surface area contributed by atoms with E-state index in [4.69, 9.17) is 0 Å². The molecule has 1 rings (SSSR count). The van der Waals surface area contributed by atoms with E-state index in [0.717, 1.165) is 0 Å². The highest BCUT2D eigenvalue weighted by molar-refractivity contribution is 6.21. The van der Waals surface area contributed by atoms with E-state index in [-0.39, 0.29) is 35.2 Å². The average molecular weight is 154 g/mol. The smallest absolute Gasteiger partial charge is 0.170 e. The molecule has 0 radical (unpaired) electrons. The zero-order valence-corrected chi connectivity index (χ0v) is 6.55. The first-order valence-electron chi connectivity index (χ1n) is 3.51. The molecule has 0 aromatic rings. The van der Waals surface area contributed by atoms with E-state index in [0.29, 0.717) is 0 Å². The molecule has 3 heteroatoms. The monoisotopic (exact) mass is 154 g/mol. The first-order chi connectivity index (χ1) is 5.04. The standard InChI is InChI=1S/C8H10O3/c1-4-3-6(10)7(5(2)9)8(4)11/h4,11H,3H2,1-2H3.